The van der Waals surface area contributed by atoms with Crippen LogP contribution >= 0.6 is 35.6 Å². The number of benzene rings is 1. The van der Waals surface area contributed by atoms with Gasteiger partial charge in [-0.3, -0.25) is 4.79 Å². The van der Waals surface area contributed by atoms with Crippen molar-refractivity contribution in [2.45, 2.75) is 0 Å². The average Bonchev–Trinajstić information content (AvgIpc) is 2.30. The lowest BCUT2D eigenvalue weighted by molar-refractivity contribution is 0.0736. The maximum atomic E-state index is 12.2. The van der Waals surface area contributed by atoms with Gasteiger partial charge in [-0.25, -0.2) is 0 Å². The molecule has 1 heterocycles. The van der Waals surface area contributed by atoms with Crippen LogP contribution in [-0.4, -0.2) is 37.0 Å². The normalized spacial score (nSPS) is 15.3. The van der Waals surface area contributed by atoms with Crippen molar-refractivity contribution in [3.63, 3.8) is 0 Å². The van der Waals surface area contributed by atoms with Crippen molar-refractivity contribution in [2.75, 3.05) is 26.2 Å². The Morgan fingerprint density at radius 3 is 2.24 bits per heavy atom. The molecule has 1 aliphatic heterocycles. The largest absolute Gasteiger partial charge is 0.336 e. The summed E-state index contributed by atoms with van der Waals surface area (Å²) in [7, 11) is 0. The van der Waals surface area contributed by atoms with E-state index >= 15 is 0 Å². The van der Waals surface area contributed by atoms with Gasteiger partial charge < -0.3 is 10.2 Å². The van der Waals surface area contributed by atoms with Crippen LogP contribution in [0.2, 0.25) is 10.0 Å². The van der Waals surface area contributed by atoms with E-state index in [0.717, 1.165) is 13.1 Å². The minimum absolute atomic E-state index is 0. The quantitative estimate of drug-likeness (QED) is 0.863. The SMILES string of the molecule is Cl.O=C(c1c(Cl)cccc1Cl)N1CCNCC1. The van der Waals surface area contributed by atoms with Crippen molar-refractivity contribution in [1.29, 1.82) is 0 Å². The van der Waals surface area contributed by atoms with E-state index in [1.165, 1.54) is 0 Å². The number of rotatable bonds is 1. The zero-order valence-electron chi connectivity index (χ0n) is 9.08. The summed E-state index contributed by atoms with van der Waals surface area (Å²) in [6, 6.07) is 5.10. The highest BCUT2D eigenvalue weighted by molar-refractivity contribution is 6.39. The molecule has 0 unspecified atom stereocenters. The van der Waals surface area contributed by atoms with Crippen molar-refractivity contribution in [3.05, 3.63) is 33.8 Å². The van der Waals surface area contributed by atoms with Gasteiger partial charge in [0.1, 0.15) is 0 Å². The number of carbonyl (C=O) groups is 1. The molecule has 3 nitrogen and oxygen atoms in total. The summed E-state index contributed by atoms with van der Waals surface area (Å²) < 4.78 is 0. The predicted molar refractivity (Wildman–Crippen MR) is 72.5 cm³/mol. The molecule has 0 radical (unpaired) electrons. The maximum Gasteiger partial charge on any atom is 0.256 e. The molecule has 0 aromatic heterocycles. The first-order chi connectivity index (χ1) is 7.70. The van der Waals surface area contributed by atoms with Gasteiger partial charge in [-0.1, -0.05) is 29.3 Å². The average molecular weight is 296 g/mol. The van der Waals surface area contributed by atoms with Crippen molar-refractivity contribution < 1.29 is 4.79 Å². The van der Waals surface area contributed by atoms with Crippen LogP contribution in [0, 0.1) is 0 Å². The molecule has 1 amide bonds. The standard InChI is InChI=1S/C11H12Cl2N2O.ClH/c12-8-2-1-3-9(13)10(8)11(16)15-6-4-14-5-7-15;/h1-3,14H,4-7H2;1H. The van der Waals surface area contributed by atoms with E-state index in [0.29, 0.717) is 28.7 Å². The predicted octanol–water partition coefficient (Wildman–Crippen LogP) is 2.46. The highest BCUT2D eigenvalue weighted by Crippen LogP contribution is 2.25. The molecule has 1 aliphatic rings. The third kappa shape index (κ3) is 3.26. The molecule has 1 N–H and O–H groups in total. The third-order valence-electron chi connectivity index (χ3n) is 2.58. The van der Waals surface area contributed by atoms with Gasteiger partial charge in [0.15, 0.2) is 0 Å². The summed E-state index contributed by atoms with van der Waals surface area (Å²) in [6.07, 6.45) is 0. The molecule has 1 aromatic carbocycles. The number of carbonyl (C=O) groups excluding carboxylic acids is 1. The van der Waals surface area contributed by atoms with Crippen molar-refractivity contribution in [3.8, 4) is 0 Å². The lowest BCUT2D eigenvalue weighted by atomic mass is 10.2. The molecule has 6 heteroatoms. The van der Waals surface area contributed by atoms with Gasteiger partial charge in [0.25, 0.3) is 5.91 Å². The molecule has 0 spiro atoms. The molecule has 1 fully saturated rings. The van der Waals surface area contributed by atoms with Gasteiger partial charge in [-0.15, -0.1) is 12.4 Å². The Kier molecular flexibility index (Phi) is 5.53. The molecule has 2 rings (SSSR count). The van der Waals surface area contributed by atoms with Crippen LogP contribution in [0.4, 0.5) is 0 Å². The zero-order chi connectivity index (χ0) is 11.5. The van der Waals surface area contributed by atoms with E-state index in [9.17, 15) is 4.79 Å². The summed E-state index contributed by atoms with van der Waals surface area (Å²) >= 11 is 12.0. The van der Waals surface area contributed by atoms with Gasteiger partial charge in [-0.05, 0) is 12.1 Å². The van der Waals surface area contributed by atoms with Gasteiger partial charge in [0.2, 0.25) is 0 Å². The Morgan fingerprint density at radius 1 is 1.18 bits per heavy atom. The molecule has 94 valence electrons. The van der Waals surface area contributed by atoms with Crippen LogP contribution in [0.5, 0.6) is 0 Å². The van der Waals surface area contributed by atoms with Gasteiger partial charge >= 0.3 is 0 Å². The first kappa shape index (κ1) is 14.6. The van der Waals surface area contributed by atoms with Crippen molar-refractivity contribution in [1.82, 2.24) is 10.2 Å². The van der Waals surface area contributed by atoms with E-state index < -0.39 is 0 Å². The zero-order valence-corrected chi connectivity index (χ0v) is 11.4. The fourth-order valence-electron chi connectivity index (χ4n) is 1.73. The Labute approximate surface area is 116 Å². The second-order valence-corrected chi connectivity index (χ2v) is 4.45. The molecule has 0 bridgehead atoms. The fraction of sp³-hybridized carbons (Fsp3) is 0.364. The fourth-order valence-corrected chi connectivity index (χ4v) is 2.29. The van der Waals surface area contributed by atoms with Crippen LogP contribution < -0.4 is 5.32 Å². The van der Waals surface area contributed by atoms with Gasteiger partial charge in [0.05, 0.1) is 15.6 Å². The summed E-state index contributed by atoms with van der Waals surface area (Å²) in [6.45, 7) is 3.02. The van der Waals surface area contributed by atoms with E-state index in [2.05, 4.69) is 5.32 Å². The number of amides is 1. The van der Waals surface area contributed by atoms with E-state index in [4.69, 9.17) is 23.2 Å². The number of nitrogens with one attached hydrogen (secondary N) is 1. The minimum Gasteiger partial charge on any atom is -0.336 e. The smallest absolute Gasteiger partial charge is 0.256 e. The molecule has 1 aromatic rings. The van der Waals surface area contributed by atoms with E-state index in [1.54, 1.807) is 23.1 Å². The number of halogens is 3. The Morgan fingerprint density at radius 2 is 1.71 bits per heavy atom. The second kappa shape index (κ2) is 6.45. The second-order valence-electron chi connectivity index (χ2n) is 3.64. The number of hydrogen-bond acceptors (Lipinski definition) is 2. The first-order valence-corrected chi connectivity index (χ1v) is 5.90. The van der Waals surface area contributed by atoms with E-state index in [1.807, 2.05) is 0 Å². The van der Waals surface area contributed by atoms with Crippen LogP contribution in [-0.2, 0) is 0 Å². The highest BCUT2D eigenvalue weighted by atomic mass is 35.5. The van der Waals surface area contributed by atoms with Crippen LogP contribution in [0.15, 0.2) is 18.2 Å². The summed E-state index contributed by atoms with van der Waals surface area (Å²) in [5.74, 6) is -0.0860. The summed E-state index contributed by atoms with van der Waals surface area (Å²) in [5, 5.41) is 4.02. The molecule has 0 atom stereocenters. The minimum atomic E-state index is -0.0860. The lowest BCUT2D eigenvalue weighted by Gasteiger charge is -2.28. The van der Waals surface area contributed by atoms with E-state index in [-0.39, 0.29) is 18.3 Å². The number of hydrogen-bond donors (Lipinski definition) is 1. The molecule has 0 aliphatic carbocycles. The van der Waals surface area contributed by atoms with Crippen molar-refractivity contribution >= 4 is 41.5 Å². The summed E-state index contributed by atoms with van der Waals surface area (Å²) in [4.78, 5) is 13.9. The summed E-state index contributed by atoms with van der Waals surface area (Å²) in [5.41, 5.74) is 0.410. The molecular formula is C11H13Cl3N2O. The Bertz CT molecular complexity index is 385. The molecular weight excluding hydrogens is 282 g/mol. The highest BCUT2D eigenvalue weighted by Gasteiger charge is 2.22. The number of piperazine rings is 1. The molecule has 17 heavy (non-hydrogen) atoms. The van der Waals surface area contributed by atoms with Crippen LogP contribution in [0.25, 0.3) is 0 Å². The molecule has 1 saturated heterocycles. The first-order valence-electron chi connectivity index (χ1n) is 5.14. The van der Waals surface area contributed by atoms with Gasteiger partial charge in [-0.2, -0.15) is 0 Å². The number of nitrogens with zero attached hydrogens (tertiary/aromatic N) is 1. The monoisotopic (exact) mass is 294 g/mol. The van der Waals surface area contributed by atoms with Crippen molar-refractivity contribution in [2.24, 2.45) is 0 Å². The maximum absolute atomic E-state index is 12.2. The topological polar surface area (TPSA) is 32.3 Å². The third-order valence-corrected chi connectivity index (χ3v) is 3.21. The lowest BCUT2D eigenvalue weighted by Crippen LogP contribution is -2.46. The Balaban J connectivity index is 0.00000144. The van der Waals surface area contributed by atoms with Gasteiger partial charge in [0, 0.05) is 26.2 Å². The Hall–Kier alpha value is -0.480. The molecule has 0 saturated carbocycles. The van der Waals surface area contributed by atoms with Crippen LogP contribution in [0.3, 0.4) is 0 Å². The van der Waals surface area contributed by atoms with Crippen LogP contribution in [0.1, 0.15) is 10.4 Å².